The number of benzene rings is 2. The maximum Gasteiger partial charge on any atom is 0.417 e. The van der Waals surface area contributed by atoms with Crippen molar-refractivity contribution in [1.29, 1.82) is 0 Å². The highest BCUT2D eigenvalue weighted by atomic mass is 32.1. The average Bonchev–Trinajstić information content (AvgIpc) is 2.73. The fourth-order valence-corrected chi connectivity index (χ4v) is 3.50. The second kappa shape index (κ2) is 8.11. The standard InChI is InChI=1S/C21H14F3N3O2S/c22-21(23,24)14-10-17-18(28)27-20(30-19(17)25-11-14)26-15-6-8-16(9-7-15)29-12-13-4-2-1-3-5-13/h1-11H,12H2,(H,26,27,28). The van der Waals surface area contributed by atoms with Crippen LogP contribution in [0.1, 0.15) is 11.1 Å². The van der Waals surface area contributed by atoms with E-state index in [1.165, 1.54) is 0 Å². The number of nitrogens with zero attached hydrogens (tertiary/aromatic N) is 2. The van der Waals surface area contributed by atoms with Gasteiger partial charge in [0.2, 0.25) is 0 Å². The van der Waals surface area contributed by atoms with Crippen LogP contribution in [0.3, 0.4) is 0 Å². The van der Waals surface area contributed by atoms with Crippen LogP contribution in [0.5, 0.6) is 5.75 Å². The first-order chi connectivity index (χ1) is 14.4. The zero-order valence-electron chi connectivity index (χ0n) is 15.3. The number of alkyl halides is 3. The zero-order valence-corrected chi connectivity index (χ0v) is 16.1. The summed E-state index contributed by atoms with van der Waals surface area (Å²) in [6.45, 7) is 0.438. The molecule has 9 heteroatoms. The monoisotopic (exact) mass is 429 g/mol. The first kappa shape index (κ1) is 19.8. The van der Waals surface area contributed by atoms with Crippen LogP contribution in [0.4, 0.5) is 24.0 Å². The van der Waals surface area contributed by atoms with E-state index >= 15 is 0 Å². The minimum absolute atomic E-state index is 0.162. The summed E-state index contributed by atoms with van der Waals surface area (Å²) in [5.74, 6) is 0.672. The molecule has 0 bridgehead atoms. The number of nitrogens with one attached hydrogen (secondary N) is 1. The minimum atomic E-state index is -4.57. The molecule has 5 nitrogen and oxygen atoms in total. The van der Waals surface area contributed by atoms with Gasteiger partial charge >= 0.3 is 6.18 Å². The maximum absolute atomic E-state index is 12.8. The molecular formula is C21H14F3N3O2S. The first-order valence-corrected chi connectivity index (χ1v) is 9.62. The fourth-order valence-electron chi connectivity index (χ4n) is 2.66. The highest BCUT2D eigenvalue weighted by molar-refractivity contribution is 7.21. The highest BCUT2D eigenvalue weighted by Gasteiger charge is 2.31. The Morgan fingerprint density at radius 2 is 1.77 bits per heavy atom. The lowest BCUT2D eigenvalue weighted by atomic mass is 10.2. The second-order valence-electron chi connectivity index (χ2n) is 6.32. The maximum atomic E-state index is 12.8. The molecule has 0 atom stereocenters. The Balaban J connectivity index is 1.49. The van der Waals surface area contributed by atoms with Gasteiger partial charge in [-0.2, -0.15) is 18.2 Å². The van der Waals surface area contributed by atoms with Crippen molar-refractivity contribution in [3.05, 3.63) is 88.3 Å². The van der Waals surface area contributed by atoms with Crippen molar-refractivity contribution in [3.8, 4) is 5.75 Å². The molecule has 4 aromatic rings. The molecule has 2 heterocycles. The topological polar surface area (TPSA) is 64.1 Å². The Kier molecular flexibility index (Phi) is 5.37. The Morgan fingerprint density at radius 1 is 1.03 bits per heavy atom. The normalized spacial score (nSPS) is 11.4. The van der Waals surface area contributed by atoms with E-state index in [2.05, 4.69) is 15.3 Å². The van der Waals surface area contributed by atoms with Crippen LogP contribution >= 0.6 is 11.3 Å². The van der Waals surface area contributed by atoms with Crippen molar-refractivity contribution in [3.63, 3.8) is 0 Å². The third kappa shape index (κ3) is 4.57. The van der Waals surface area contributed by atoms with Crippen LogP contribution in [0.15, 0.2) is 71.7 Å². The smallest absolute Gasteiger partial charge is 0.417 e. The van der Waals surface area contributed by atoms with Gasteiger partial charge in [0.1, 0.15) is 17.2 Å². The van der Waals surface area contributed by atoms with Gasteiger partial charge in [-0.15, -0.1) is 0 Å². The van der Waals surface area contributed by atoms with Crippen molar-refractivity contribution in [2.75, 3.05) is 5.32 Å². The minimum Gasteiger partial charge on any atom is -0.489 e. The van der Waals surface area contributed by atoms with Crippen molar-refractivity contribution in [2.24, 2.45) is 0 Å². The molecule has 0 saturated carbocycles. The molecule has 2 aromatic carbocycles. The Morgan fingerprint density at radius 3 is 2.47 bits per heavy atom. The molecular weight excluding hydrogens is 415 g/mol. The quantitative estimate of drug-likeness (QED) is 0.461. The molecule has 0 aliphatic heterocycles. The van der Waals surface area contributed by atoms with Crippen LogP contribution in [-0.2, 0) is 12.8 Å². The number of hydrogen-bond acceptors (Lipinski definition) is 6. The Hall–Kier alpha value is -3.46. The number of hydrogen-bond donors (Lipinski definition) is 1. The van der Waals surface area contributed by atoms with E-state index in [1.807, 2.05) is 30.3 Å². The van der Waals surface area contributed by atoms with Gasteiger partial charge in [0.25, 0.3) is 5.56 Å². The molecule has 0 radical (unpaired) electrons. The molecule has 4 rings (SSSR count). The molecule has 0 unspecified atom stereocenters. The van der Waals surface area contributed by atoms with Crippen LogP contribution in [-0.4, -0.2) is 9.97 Å². The first-order valence-electron chi connectivity index (χ1n) is 8.80. The van der Waals surface area contributed by atoms with E-state index in [9.17, 15) is 18.0 Å². The number of fused-ring (bicyclic) bond motifs is 1. The largest absolute Gasteiger partial charge is 0.489 e. The molecule has 0 amide bonds. The van der Waals surface area contributed by atoms with E-state index in [0.717, 1.165) is 23.0 Å². The molecule has 30 heavy (non-hydrogen) atoms. The van der Waals surface area contributed by atoms with Crippen LogP contribution in [0.2, 0.25) is 0 Å². The van der Waals surface area contributed by atoms with Gasteiger partial charge in [-0.05, 0) is 35.9 Å². The molecule has 0 saturated heterocycles. The van der Waals surface area contributed by atoms with E-state index in [-0.39, 0.29) is 15.3 Å². The van der Waals surface area contributed by atoms with Gasteiger partial charge in [-0.3, -0.25) is 4.79 Å². The summed E-state index contributed by atoms with van der Waals surface area (Å²) in [5, 5.41) is 3.04. The van der Waals surface area contributed by atoms with Crippen molar-refractivity contribution < 1.29 is 17.9 Å². The second-order valence-corrected chi connectivity index (χ2v) is 7.30. The van der Waals surface area contributed by atoms with Crippen molar-refractivity contribution >= 4 is 32.4 Å². The summed E-state index contributed by atoms with van der Waals surface area (Å²) < 4.78 is 44.2. The summed E-state index contributed by atoms with van der Waals surface area (Å²) in [6.07, 6.45) is -3.86. The highest BCUT2D eigenvalue weighted by Crippen LogP contribution is 2.31. The molecule has 0 aliphatic carbocycles. The number of halogens is 3. The number of rotatable bonds is 5. The summed E-state index contributed by atoms with van der Waals surface area (Å²) in [7, 11) is 0. The third-order valence-corrected chi connectivity index (χ3v) is 5.06. The van der Waals surface area contributed by atoms with Crippen LogP contribution < -0.4 is 15.6 Å². The number of pyridine rings is 1. The van der Waals surface area contributed by atoms with Gasteiger partial charge < -0.3 is 10.1 Å². The summed E-state index contributed by atoms with van der Waals surface area (Å²) in [5.41, 5.74) is -0.0527. The lowest BCUT2D eigenvalue weighted by Crippen LogP contribution is -2.11. The van der Waals surface area contributed by atoms with Crippen LogP contribution in [0.25, 0.3) is 10.2 Å². The Bertz CT molecular complexity index is 1230. The molecule has 2 aromatic heterocycles. The van der Waals surface area contributed by atoms with Gasteiger partial charge in [0.15, 0.2) is 5.13 Å². The van der Waals surface area contributed by atoms with Gasteiger partial charge in [0, 0.05) is 11.9 Å². The number of ether oxygens (including phenoxy) is 1. The lowest BCUT2D eigenvalue weighted by Gasteiger charge is -2.09. The van der Waals surface area contributed by atoms with Crippen molar-refractivity contribution in [2.45, 2.75) is 12.8 Å². The summed E-state index contributed by atoms with van der Waals surface area (Å²) in [6, 6.07) is 17.6. The van der Waals surface area contributed by atoms with Crippen molar-refractivity contribution in [1.82, 2.24) is 9.97 Å². The fraction of sp³-hybridized carbons (Fsp3) is 0.0952. The van der Waals surface area contributed by atoms with E-state index < -0.39 is 17.3 Å². The molecule has 0 spiro atoms. The molecule has 0 aliphatic rings. The van der Waals surface area contributed by atoms with Gasteiger partial charge in [-0.1, -0.05) is 41.7 Å². The van der Waals surface area contributed by atoms with E-state index in [4.69, 9.17) is 4.74 Å². The molecule has 1 N–H and O–H groups in total. The number of anilines is 2. The van der Waals surface area contributed by atoms with E-state index in [0.29, 0.717) is 24.2 Å². The summed E-state index contributed by atoms with van der Waals surface area (Å²) in [4.78, 5) is 20.0. The van der Waals surface area contributed by atoms with E-state index in [1.54, 1.807) is 24.3 Å². The lowest BCUT2D eigenvalue weighted by molar-refractivity contribution is -0.137. The number of aromatic nitrogens is 2. The summed E-state index contributed by atoms with van der Waals surface area (Å²) >= 11 is 0.995. The zero-order chi connectivity index (χ0) is 21.1. The van der Waals surface area contributed by atoms with Gasteiger partial charge in [-0.25, -0.2) is 4.98 Å². The molecule has 152 valence electrons. The third-order valence-electron chi connectivity index (χ3n) is 4.16. The van der Waals surface area contributed by atoms with Crippen LogP contribution in [0, 0.1) is 0 Å². The average molecular weight is 429 g/mol. The predicted octanol–water partition coefficient (Wildman–Crippen LogP) is 5.39. The van der Waals surface area contributed by atoms with Gasteiger partial charge in [0.05, 0.1) is 10.9 Å². The predicted molar refractivity (Wildman–Crippen MR) is 109 cm³/mol. The SMILES string of the molecule is O=c1nc(Nc2ccc(OCc3ccccc3)cc2)sc2ncc(C(F)(F)F)cc12. The molecule has 0 fully saturated rings. The Labute approximate surface area is 172 Å².